The van der Waals surface area contributed by atoms with Gasteiger partial charge in [-0.15, -0.1) is 10.2 Å². The Balaban J connectivity index is 1.99. The lowest BCUT2D eigenvalue weighted by Crippen LogP contribution is -2.17. The van der Waals surface area contributed by atoms with Crippen molar-refractivity contribution in [1.82, 2.24) is 19.8 Å². The molecule has 0 spiro atoms. The minimum atomic E-state index is -0.0309. The van der Waals surface area contributed by atoms with Crippen molar-refractivity contribution in [3.8, 4) is 0 Å². The van der Waals surface area contributed by atoms with Crippen molar-refractivity contribution in [3.05, 3.63) is 10.8 Å². The van der Waals surface area contributed by atoms with Crippen LogP contribution in [0.25, 0.3) is 4.96 Å². The lowest BCUT2D eigenvalue weighted by atomic mass is 9.96. The lowest BCUT2D eigenvalue weighted by molar-refractivity contribution is 0.524. The molecule has 2 N–H and O–H groups in total. The summed E-state index contributed by atoms with van der Waals surface area (Å²) in [4.78, 5) is 0.899. The van der Waals surface area contributed by atoms with E-state index in [0.717, 1.165) is 30.0 Å². The molecule has 5 nitrogen and oxygen atoms in total. The van der Waals surface area contributed by atoms with E-state index in [2.05, 4.69) is 31.0 Å². The van der Waals surface area contributed by atoms with Crippen LogP contribution in [0.5, 0.6) is 0 Å². The lowest BCUT2D eigenvalue weighted by Gasteiger charge is -2.13. The fourth-order valence-electron chi connectivity index (χ4n) is 2.51. The third-order valence-electron chi connectivity index (χ3n) is 3.50. The predicted octanol–water partition coefficient (Wildman–Crippen LogP) is 2.08. The Morgan fingerprint density at radius 3 is 2.67 bits per heavy atom. The molecule has 98 valence electrons. The van der Waals surface area contributed by atoms with Crippen molar-refractivity contribution in [1.29, 1.82) is 0 Å². The molecule has 0 unspecified atom stereocenters. The zero-order valence-electron chi connectivity index (χ0n) is 11.1. The van der Waals surface area contributed by atoms with Crippen molar-refractivity contribution in [2.45, 2.75) is 57.4 Å². The molecule has 2 aromatic heterocycles. The van der Waals surface area contributed by atoms with Crippen LogP contribution in [-0.2, 0) is 5.41 Å². The Hall–Kier alpha value is -1.01. The van der Waals surface area contributed by atoms with Gasteiger partial charge in [0.05, 0.1) is 0 Å². The molecule has 6 heteroatoms. The summed E-state index contributed by atoms with van der Waals surface area (Å²) in [6.07, 6.45) is 3.31. The van der Waals surface area contributed by atoms with Crippen molar-refractivity contribution in [2.75, 3.05) is 0 Å². The van der Waals surface area contributed by atoms with Crippen LogP contribution < -0.4 is 5.73 Å². The fourth-order valence-corrected chi connectivity index (χ4v) is 3.49. The highest BCUT2D eigenvalue weighted by Crippen LogP contribution is 2.36. The van der Waals surface area contributed by atoms with Crippen molar-refractivity contribution in [3.63, 3.8) is 0 Å². The van der Waals surface area contributed by atoms with E-state index in [1.165, 1.54) is 5.01 Å². The van der Waals surface area contributed by atoms with E-state index < -0.39 is 0 Å². The van der Waals surface area contributed by atoms with Crippen molar-refractivity contribution >= 4 is 16.3 Å². The number of fused-ring (bicyclic) bond motifs is 1. The highest BCUT2D eigenvalue weighted by molar-refractivity contribution is 7.16. The molecule has 0 amide bonds. The van der Waals surface area contributed by atoms with Crippen LogP contribution in [0.4, 0.5) is 0 Å². The molecule has 1 aliphatic carbocycles. The first-order valence-electron chi connectivity index (χ1n) is 6.43. The Morgan fingerprint density at radius 2 is 2.06 bits per heavy atom. The van der Waals surface area contributed by atoms with Crippen LogP contribution in [-0.4, -0.2) is 25.9 Å². The van der Waals surface area contributed by atoms with Crippen LogP contribution in [0.15, 0.2) is 0 Å². The molecule has 0 saturated heterocycles. The second-order valence-corrected chi connectivity index (χ2v) is 7.17. The van der Waals surface area contributed by atoms with E-state index in [9.17, 15) is 0 Å². The summed E-state index contributed by atoms with van der Waals surface area (Å²) in [5.74, 6) is 1.45. The predicted molar refractivity (Wildman–Crippen MR) is 71.9 cm³/mol. The molecule has 2 heterocycles. The van der Waals surface area contributed by atoms with E-state index in [4.69, 9.17) is 10.8 Å². The van der Waals surface area contributed by atoms with E-state index in [1.54, 1.807) is 11.3 Å². The van der Waals surface area contributed by atoms with Crippen LogP contribution in [0.3, 0.4) is 0 Å². The minimum absolute atomic E-state index is 0.0309. The zero-order chi connectivity index (χ0) is 12.9. The topological polar surface area (TPSA) is 69.1 Å². The Bertz CT molecular complexity index is 565. The van der Waals surface area contributed by atoms with Gasteiger partial charge in [0.1, 0.15) is 5.01 Å². The number of hydrogen-bond acceptors (Lipinski definition) is 5. The van der Waals surface area contributed by atoms with Crippen molar-refractivity contribution < 1.29 is 0 Å². The number of hydrogen-bond donors (Lipinski definition) is 1. The van der Waals surface area contributed by atoms with Gasteiger partial charge in [0, 0.05) is 17.4 Å². The molecule has 2 atom stereocenters. The molecular formula is C12H19N5S. The molecule has 0 bridgehead atoms. The summed E-state index contributed by atoms with van der Waals surface area (Å²) in [6.45, 7) is 6.40. The number of nitrogens with zero attached hydrogens (tertiary/aromatic N) is 4. The van der Waals surface area contributed by atoms with Crippen LogP contribution >= 0.6 is 11.3 Å². The van der Waals surface area contributed by atoms with Gasteiger partial charge in [-0.25, -0.2) is 0 Å². The first kappa shape index (κ1) is 12.0. The number of aromatic nitrogens is 4. The third kappa shape index (κ3) is 1.93. The second kappa shape index (κ2) is 3.99. The third-order valence-corrected chi connectivity index (χ3v) is 4.56. The second-order valence-electron chi connectivity index (χ2n) is 6.18. The van der Waals surface area contributed by atoms with Gasteiger partial charge in [0.2, 0.25) is 4.96 Å². The molecular weight excluding hydrogens is 246 g/mol. The Morgan fingerprint density at radius 1 is 1.28 bits per heavy atom. The smallest absolute Gasteiger partial charge is 0.234 e. The van der Waals surface area contributed by atoms with Crippen LogP contribution in [0.1, 0.15) is 56.8 Å². The Labute approximate surface area is 110 Å². The zero-order valence-corrected chi connectivity index (χ0v) is 11.9. The normalized spacial score (nSPS) is 25.1. The summed E-state index contributed by atoms with van der Waals surface area (Å²) < 4.78 is 1.91. The fraction of sp³-hybridized carbons (Fsp3) is 0.750. The summed E-state index contributed by atoms with van der Waals surface area (Å²) in [5, 5.41) is 14.4. The quantitative estimate of drug-likeness (QED) is 0.857. The minimum Gasteiger partial charge on any atom is -0.328 e. The van der Waals surface area contributed by atoms with Gasteiger partial charge in [0.25, 0.3) is 0 Å². The molecule has 1 aliphatic rings. The van der Waals surface area contributed by atoms with Gasteiger partial charge < -0.3 is 5.73 Å². The standard InChI is InChI=1S/C12H19N5S/c1-12(2,3)10-14-15-11-17(10)16-9(18-11)7-4-5-8(13)6-7/h7-8H,4-6,13H2,1-3H3/t7-,8+/m1/s1. The summed E-state index contributed by atoms with van der Waals surface area (Å²) in [5.41, 5.74) is 5.94. The van der Waals surface area contributed by atoms with Gasteiger partial charge in [-0.1, -0.05) is 32.1 Å². The number of nitrogens with two attached hydrogens (primary N) is 1. The van der Waals surface area contributed by atoms with Crippen LogP contribution in [0.2, 0.25) is 0 Å². The summed E-state index contributed by atoms with van der Waals surface area (Å²) >= 11 is 1.66. The molecule has 0 radical (unpaired) electrons. The van der Waals surface area contributed by atoms with E-state index >= 15 is 0 Å². The van der Waals surface area contributed by atoms with Gasteiger partial charge in [-0.3, -0.25) is 0 Å². The highest BCUT2D eigenvalue weighted by atomic mass is 32.1. The average Bonchev–Trinajstić information content (AvgIpc) is 2.87. The molecule has 18 heavy (non-hydrogen) atoms. The number of rotatable bonds is 1. The molecule has 0 aromatic carbocycles. The monoisotopic (exact) mass is 265 g/mol. The van der Waals surface area contributed by atoms with Gasteiger partial charge in [-0.2, -0.15) is 9.61 Å². The molecule has 3 rings (SSSR count). The average molecular weight is 265 g/mol. The maximum Gasteiger partial charge on any atom is 0.234 e. The molecule has 2 aromatic rings. The van der Waals surface area contributed by atoms with E-state index in [-0.39, 0.29) is 5.41 Å². The first-order chi connectivity index (χ1) is 8.45. The van der Waals surface area contributed by atoms with Crippen LogP contribution in [0, 0.1) is 0 Å². The molecule has 0 aliphatic heterocycles. The van der Waals surface area contributed by atoms with Crippen molar-refractivity contribution in [2.24, 2.45) is 5.73 Å². The SMILES string of the molecule is CC(C)(C)c1nnc2sc([C@@H]3CC[C@H](N)C3)nn12. The molecule has 1 saturated carbocycles. The van der Waals surface area contributed by atoms with Gasteiger partial charge in [-0.05, 0) is 19.3 Å². The first-order valence-corrected chi connectivity index (χ1v) is 7.25. The summed E-state index contributed by atoms with van der Waals surface area (Å²) in [7, 11) is 0. The molecule has 1 fully saturated rings. The van der Waals surface area contributed by atoms with E-state index in [1.807, 2.05) is 4.52 Å². The van der Waals surface area contributed by atoms with Gasteiger partial charge >= 0.3 is 0 Å². The summed E-state index contributed by atoms with van der Waals surface area (Å²) in [6, 6.07) is 0.339. The largest absolute Gasteiger partial charge is 0.328 e. The Kier molecular flexibility index (Phi) is 2.67. The van der Waals surface area contributed by atoms with E-state index in [0.29, 0.717) is 12.0 Å². The maximum atomic E-state index is 5.97. The maximum absolute atomic E-state index is 5.97. The highest BCUT2D eigenvalue weighted by Gasteiger charge is 2.29. The van der Waals surface area contributed by atoms with Gasteiger partial charge in [0.15, 0.2) is 5.82 Å².